The van der Waals surface area contributed by atoms with Crippen LogP contribution in [0.15, 0.2) is 24.3 Å². The van der Waals surface area contributed by atoms with Crippen molar-refractivity contribution >= 4 is 11.7 Å². The fraction of sp³-hybridized carbons (Fsp3) is 0.429. The maximum Gasteiger partial charge on any atom is 0.217 e. The third-order valence-electron chi connectivity index (χ3n) is 2.83. The second-order valence-electron chi connectivity index (χ2n) is 4.74. The molecular weight excluding hydrogens is 230 g/mol. The molecule has 98 valence electrons. The largest absolute Gasteiger partial charge is 0.480 e. The van der Waals surface area contributed by atoms with Gasteiger partial charge in [-0.3, -0.25) is 9.59 Å². The van der Waals surface area contributed by atoms with E-state index in [4.69, 9.17) is 10.5 Å². The van der Waals surface area contributed by atoms with Gasteiger partial charge >= 0.3 is 0 Å². The zero-order valence-electron chi connectivity index (χ0n) is 11.0. The first-order valence-electron chi connectivity index (χ1n) is 5.89. The lowest BCUT2D eigenvalue weighted by molar-refractivity contribution is -0.129. The van der Waals surface area contributed by atoms with Crippen molar-refractivity contribution in [3.8, 4) is 5.75 Å². The number of ketones is 1. The van der Waals surface area contributed by atoms with Gasteiger partial charge in [-0.2, -0.15) is 0 Å². The van der Waals surface area contributed by atoms with E-state index in [-0.39, 0.29) is 18.1 Å². The number of aryl methyl sites for hydroxylation is 1. The zero-order chi connectivity index (χ0) is 13.8. The van der Waals surface area contributed by atoms with Crippen LogP contribution in [0, 0.1) is 0 Å². The summed E-state index contributed by atoms with van der Waals surface area (Å²) >= 11 is 0. The number of amides is 1. The van der Waals surface area contributed by atoms with Gasteiger partial charge in [-0.1, -0.05) is 18.2 Å². The van der Waals surface area contributed by atoms with Crippen LogP contribution in [0.3, 0.4) is 0 Å². The molecule has 1 amide bonds. The third-order valence-corrected chi connectivity index (χ3v) is 2.83. The Hall–Kier alpha value is -1.84. The number of ether oxygens (including phenoxy) is 1. The first-order valence-corrected chi connectivity index (χ1v) is 5.89. The summed E-state index contributed by atoms with van der Waals surface area (Å²) in [6.45, 7) is 4.94. The summed E-state index contributed by atoms with van der Waals surface area (Å²) in [4.78, 5) is 22.3. The van der Waals surface area contributed by atoms with Crippen molar-refractivity contribution in [1.82, 2.24) is 0 Å². The summed E-state index contributed by atoms with van der Waals surface area (Å²) < 4.78 is 5.73. The van der Waals surface area contributed by atoms with E-state index in [0.29, 0.717) is 12.2 Å². The van der Waals surface area contributed by atoms with Crippen molar-refractivity contribution in [3.05, 3.63) is 29.8 Å². The third kappa shape index (κ3) is 3.87. The Morgan fingerprint density at radius 3 is 2.44 bits per heavy atom. The molecule has 0 heterocycles. The molecule has 0 unspecified atom stereocenters. The van der Waals surface area contributed by atoms with Gasteiger partial charge in [-0.15, -0.1) is 0 Å². The Morgan fingerprint density at radius 1 is 1.28 bits per heavy atom. The molecular formula is C14H19NO3. The fourth-order valence-electron chi connectivity index (χ4n) is 1.41. The topological polar surface area (TPSA) is 69.4 Å². The smallest absolute Gasteiger partial charge is 0.217 e. The number of benzene rings is 1. The molecule has 1 rings (SSSR count). The highest BCUT2D eigenvalue weighted by Gasteiger charge is 2.26. The molecule has 0 spiro atoms. The van der Waals surface area contributed by atoms with E-state index < -0.39 is 5.60 Å². The summed E-state index contributed by atoms with van der Waals surface area (Å²) in [5.74, 6) is 0.224. The monoisotopic (exact) mass is 249 g/mol. The molecule has 1 aromatic carbocycles. The maximum atomic E-state index is 11.4. The van der Waals surface area contributed by atoms with E-state index >= 15 is 0 Å². The number of carbonyl (C=O) groups is 2. The van der Waals surface area contributed by atoms with Crippen molar-refractivity contribution in [2.24, 2.45) is 5.73 Å². The summed E-state index contributed by atoms with van der Waals surface area (Å²) in [6.07, 6.45) is 0.778. The van der Waals surface area contributed by atoms with Gasteiger partial charge in [-0.25, -0.2) is 0 Å². The van der Waals surface area contributed by atoms with Gasteiger partial charge < -0.3 is 10.5 Å². The van der Waals surface area contributed by atoms with Crippen molar-refractivity contribution < 1.29 is 14.3 Å². The highest BCUT2D eigenvalue weighted by atomic mass is 16.5. The lowest BCUT2D eigenvalue weighted by Gasteiger charge is -2.25. The van der Waals surface area contributed by atoms with Crippen LogP contribution in [0.5, 0.6) is 5.75 Å². The Morgan fingerprint density at radius 2 is 1.89 bits per heavy atom. The van der Waals surface area contributed by atoms with Gasteiger partial charge in [0.1, 0.15) is 5.75 Å². The molecule has 0 saturated heterocycles. The molecule has 0 radical (unpaired) electrons. The molecule has 0 aromatic heterocycles. The number of para-hydroxylation sites is 1. The van der Waals surface area contributed by atoms with E-state index in [9.17, 15) is 9.59 Å². The lowest BCUT2D eigenvalue weighted by Crippen LogP contribution is -2.36. The minimum atomic E-state index is -0.872. The van der Waals surface area contributed by atoms with Gasteiger partial charge in [0.25, 0.3) is 0 Å². The number of Topliss-reactive ketones (excluding diaryl/α,β-unsaturated/α-hetero) is 1. The molecule has 0 aliphatic rings. The van der Waals surface area contributed by atoms with Gasteiger partial charge in [0.15, 0.2) is 11.4 Å². The standard InChI is InChI=1S/C14H19NO3/c1-10(16)14(2,3)18-12-7-5-4-6-11(12)8-9-13(15)17/h4-7H,8-9H2,1-3H3,(H2,15,17). The van der Waals surface area contributed by atoms with Crippen LogP contribution in [0.2, 0.25) is 0 Å². The Kier molecular flexibility index (Phi) is 4.48. The SMILES string of the molecule is CC(=O)C(C)(C)Oc1ccccc1CCC(N)=O. The first kappa shape index (κ1) is 14.2. The normalized spacial score (nSPS) is 11.1. The Bertz CT molecular complexity index is 452. The average Bonchev–Trinajstić information content (AvgIpc) is 2.27. The Labute approximate surface area is 107 Å². The molecule has 1 aromatic rings. The molecule has 2 N–H and O–H groups in total. The van der Waals surface area contributed by atoms with Crippen LogP contribution in [0.1, 0.15) is 32.8 Å². The highest BCUT2D eigenvalue weighted by molar-refractivity contribution is 5.84. The summed E-state index contributed by atoms with van der Waals surface area (Å²) in [6, 6.07) is 7.36. The van der Waals surface area contributed by atoms with Crippen LogP contribution in [-0.2, 0) is 16.0 Å². The van der Waals surface area contributed by atoms with Crippen LogP contribution < -0.4 is 10.5 Å². The summed E-state index contributed by atoms with van der Waals surface area (Å²) in [7, 11) is 0. The van der Waals surface area contributed by atoms with Crippen molar-refractivity contribution in [3.63, 3.8) is 0 Å². The van der Waals surface area contributed by atoms with Gasteiger partial charge in [0, 0.05) is 6.42 Å². The van der Waals surface area contributed by atoms with E-state index in [1.54, 1.807) is 19.9 Å². The minimum absolute atomic E-state index is 0.0489. The predicted molar refractivity (Wildman–Crippen MR) is 69.3 cm³/mol. The quantitative estimate of drug-likeness (QED) is 0.836. The first-order chi connectivity index (χ1) is 8.33. The number of primary amides is 1. The minimum Gasteiger partial charge on any atom is -0.480 e. The van der Waals surface area contributed by atoms with E-state index in [1.807, 2.05) is 18.2 Å². The van der Waals surface area contributed by atoms with Crippen LogP contribution in [0.4, 0.5) is 0 Å². The van der Waals surface area contributed by atoms with Gasteiger partial charge in [-0.05, 0) is 38.8 Å². The fourth-order valence-corrected chi connectivity index (χ4v) is 1.41. The van der Waals surface area contributed by atoms with Crippen LogP contribution >= 0.6 is 0 Å². The number of rotatable bonds is 6. The van der Waals surface area contributed by atoms with Gasteiger partial charge in [0.05, 0.1) is 0 Å². The number of hydrogen-bond acceptors (Lipinski definition) is 3. The van der Waals surface area contributed by atoms with Crippen molar-refractivity contribution in [2.75, 3.05) is 0 Å². The molecule has 0 saturated carbocycles. The molecule has 4 heteroatoms. The van der Waals surface area contributed by atoms with Crippen molar-refractivity contribution in [1.29, 1.82) is 0 Å². The molecule has 0 aliphatic heterocycles. The zero-order valence-corrected chi connectivity index (χ0v) is 11.0. The summed E-state index contributed by atoms with van der Waals surface area (Å²) in [5.41, 5.74) is 5.14. The lowest BCUT2D eigenvalue weighted by atomic mass is 10.0. The molecule has 0 bridgehead atoms. The average molecular weight is 249 g/mol. The number of nitrogens with two attached hydrogens (primary N) is 1. The second kappa shape index (κ2) is 5.67. The molecule has 0 atom stereocenters. The number of hydrogen-bond donors (Lipinski definition) is 1. The van der Waals surface area contributed by atoms with E-state index in [1.165, 1.54) is 6.92 Å². The Balaban J connectivity index is 2.88. The summed E-state index contributed by atoms with van der Waals surface area (Å²) in [5, 5.41) is 0. The van der Waals surface area contributed by atoms with Crippen LogP contribution in [0.25, 0.3) is 0 Å². The highest BCUT2D eigenvalue weighted by Crippen LogP contribution is 2.24. The molecule has 0 fully saturated rings. The van der Waals surface area contributed by atoms with E-state index in [0.717, 1.165) is 5.56 Å². The van der Waals surface area contributed by atoms with E-state index in [2.05, 4.69) is 0 Å². The van der Waals surface area contributed by atoms with Crippen molar-refractivity contribution in [2.45, 2.75) is 39.2 Å². The van der Waals surface area contributed by atoms with Gasteiger partial charge in [0.2, 0.25) is 5.91 Å². The second-order valence-corrected chi connectivity index (χ2v) is 4.74. The number of carbonyl (C=O) groups excluding carboxylic acids is 2. The predicted octanol–water partition coefficient (Wildman–Crippen LogP) is 1.85. The maximum absolute atomic E-state index is 11.4. The molecule has 4 nitrogen and oxygen atoms in total. The van der Waals surface area contributed by atoms with Crippen LogP contribution in [-0.4, -0.2) is 17.3 Å². The molecule has 0 aliphatic carbocycles. The molecule has 18 heavy (non-hydrogen) atoms.